The fourth-order valence-corrected chi connectivity index (χ4v) is 4.20. The molecule has 2 aromatic rings. The van der Waals surface area contributed by atoms with Crippen molar-refractivity contribution in [3.05, 3.63) is 50.7 Å². The molecule has 0 radical (unpaired) electrons. The molecule has 0 unspecified atom stereocenters. The fraction of sp³-hybridized carbons (Fsp3) is 0.400. The molecule has 0 spiro atoms. The van der Waals surface area contributed by atoms with Crippen molar-refractivity contribution < 1.29 is 9.59 Å². The van der Waals surface area contributed by atoms with E-state index in [9.17, 15) is 9.59 Å². The Bertz CT molecular complexity index is 798. The second-order valence-corrected chi connectivity index (χ2v) is 7.88. The summed E-state index contributed by atoms with van der Waals surface area (Å²) in [6.07, 6.45) is 2.32. The van der Waals surface area contributed by atoms with Gasteiger partial charge < -0.3 is 10.2 Å². The van der Waals surface area contributed by atoms with Crippen LogP contribution in [0.4, 0.5) is 5.69 Å². The first kappa shape index (κ1) is 17.7. The van der Waals surface area contributed by atoms with Crippen LogP contribution in [-0.4, -0.2) is 30.3 Å². The number of nitrogens with one attached hydrogen (secondary N) is 1. The lowest BCUT2D eigenvalue weighted by molar-refractivity contribution is -0.116. The number of carbonyl (C=O) groups excluding carboxylic acids is 2. The predicted molar refractivity (Wildman–Crippen MR) is 103 cm³/mol. The van der Waals surface area contributed by atoms with Crippen molar-refractivity contribution >= 4 is 28.8 Å². The van der Waals surface area contributed by atoms with E-state index >= 15 is 0 Å². The Morgan fingerprint density at radius 2 is 1.84 bits per heavy atom. The maximum Gasteiger partial charge on any atom is 0.264 e. The first-order chi connectivity index (χ1) is 11.9. The van der Waals surface area contributed by atoms with Crippen molar-refractivity contribution in [2.24, 2.45) is 0 Å². The predicted octanol–water partition coefficient (Wildman–Crippen LogP) is 4.26. The van der Waals surface area contributed by atoms with E-state index < -0.39 is 0 Å². The lowest BCUT2D eigenvalue weighted by atomic mass is 10.1. The number of anilines is 1. The van der Waals surface area contributed by atoms with Gasteiger partial charge >= 0.3 is 0 Å². The van der Waals surface area contributed by atoms with Crippen LogP contribution in [0.2, 0.25) is 0 Å². The molecule has 25 heavy (non-hydrogen) atoms. The molecule has 1 saturated carbocycles. The zero-order valence-corrected chi connectivity index (χ0v) is 16.0. The molecular formula is C20H24N2O2S. The van der Waals surface area contributed by atoms with E-state index in [1.165, 1.54) is 21.8 Å². The molecule has 1 aromatic heterocycles. The van der Waals surface area contributed by atoms with Crippen molar-refractivity contribution in [1.29, 1.82) is 0 Å². The third kappa shape index (κ3) is 3.93. The molecule has 1 aliphatic carbocycles. The van der Waals surface area contributed by atoms with Crippen LogP contribution >= 0.6 is 11.3 Å². The summed E-state index contributed by atoms with van der Waals surface area (Å²) in [5.74, 6) is 0.296. The minimum Gasteiger partial charge on any atom is -0.332 e. The average Bonchev–Trinajstić information content (AvgIpc) is 3.27. The van der Waals surface area contributed by atoms with Gasteiger partial charge in [0.05, 0.1) is 11.4 Å². The Morgan fingerprint density at radius 3 is 2.44 bits per heavy atom. The molecule has 0 bridgehead atoms. The largest absolute Gasteiger partial charge is 0.332 e. The lowest BCUT2D eigenvalue weighted by Crippen LogP contribution is -2.35. The molecule has 5 heteroatoms. The lowest BCUT2D eigenvalue weighted by Gasteiger charge is -2.18. The summed E-state index contributed by atoms with van der Waals surface area (Å²) in [4.78, 5) is 27.4. The molecule has 0 atom stereocenters. The van der Waals surface area contributed by atoms with E-state index in [2.05, 4.69) is 5.32 Å². The highest BCUT2D eigenvalue weighted by Crippen LogP contribution is 2.43. The van der Waals surface area contributed by atoms with Crippen LogP contribution in [0.3, 0.4) is 0 Å². The number of aryl methyl sites for hydroxylation is 3. The van der Waals surface area contributed by atoms with Crippen LogP contribution in [0, 0.1) is 20.8 Å². The van der Waals surface area contributed by atoms with Gasteiger partial charge in [-0.05, 0) is 67.7 Å². The number of hydrogen-bond acceptors (Lipinski definition) is 3. The summed E-state index contributed by atoms with van der Waals surface area (Å²) in [5, 5.41) is 4.92. The smallest absolute Gasteiger partial charge is 0.264 e. The number of carbonyl (C=O) groups is 2. The molecule has 1 N–H and O–H groups in total. The van der Waals surface area contributed by atoms with Gasteiger partial charge in [0.15, 0.2) is 0 Å². The van der Waals surface area contributed by atoms with E-state index in [1.54, 1.807) is 7.05 Å². The minimum atomic E-state index is -0.171. The minimum absolute atomic E-state index is 0.0492. The molecule has 1 aromatic carbocycles. The number of hydrogen-bond donors (Lipinski definition) is 1. The molecule has 2 amide bonds. The summed E-state index contributed by atoms with van der Waals surface area (Å²) in [7, 11) is 1.69. The number of amides is 2. The van der Waals surface area contributed by atoms with Crippen LogP contribution in [-0.2, 0) is 4.79 Å². The maximum atomic E-state index is 12.7. The van der Waals surface area contributed by atoms with E-state index in [0.29, 0.717) is 5.92 Å². The molecular weight excluding hydrogens is 332 g/mol. The molecule has 0 aliphatic heterocycles. The van der Waals surface area contributed by atoms with Gasteiger partial charge in [-0.15, -0.1) is 11.3 Å². The Morgan fingerprint density at radius 1 is 1.20 bits per heavy atom. The van der Waals surface area contributed by atoms with E-state index in [0.717, 1.165) is 40.1 Å². The van der Waals surface area contributed by atoms with Gasteiger partial charge in [0.1, 0.15) is 0 Å². The zero-order chi connectivity index (χ0) is 18.1. The summed E-state index contributed by atoms with van der Waals surface area (Å²) >= 11 is 1.47. The first-order valence-corrected chi connectivity index (χ1v) is 9.45. The Hall–Kier alpha value is -2.14. The van der Waals surface area contributed by atoms with Gasteiger partial charge in [-0.3, -0.25) is 9.59 Å². The topological polar surface area (TPSA) is 49.4 Å². The fourth-order valence-electron chi connectivity index (χ4n) is 3.23. The van der Waals surface area contributed by atoms with Crippen LogP contribution in [0.25, 0.3) is 0 Å². The molecule has 1 fully saturated rings. The molecule has 3 rings (SSSR count). The van der Waals surface area contributed by atoms with Crippen molar-refractivity contribution in [3.63, 3.8) is 0 Å². The maximum absolute atomic E-state index is 12.7. The van der Waals surface area contributed by atoms with Crippen molar-refractivity contribution in [2.45, 2.75) is 39.5 Å². The molecule has 0 saturated heterocycles. The highest BCUT2D eigenvalue weighted by atomic mass is 32.1. The van der Waals surface area contributed by atoms with Gasteiger partial charge in [0, 0.05) is 12.7 Å². The van der Waals surface area contributed by atoms with Gasteiger partial charge in [-0.2, -0.15) is 0 Å². The first-order valence-electron chi connectivity index (χ1n) is 8.57. The Kier molecular flexibility index (Phi) is 4.95. The highest BCUT2D eigenvalue weighted by Gasteiger charge is 2.30. The second-order valence-electron chi connectivity index (χ2n) is 6.96. The van der Waals surface area contributed by atoms with E-state index in [4.69, 9.17) is 0 Å². The van der Waals surface area contributed by atoms with Gasteiger partial charge in [0.25, 0.3) is 5.91 Å². The van der Waals surface area contributed by atoms with Crippen LogP contribution < -0.4 is 5.32 Å². The van der Waals surface area contributed by atoms with Gasteiger partial charge in [-0.25, -0.2) is 0 Å². The summed E-state index contributed by atoms with van der Waals surface area (Å²) in [5.41, 5.74) is 5.23. The standard InChI is InChI=1S/C20H24N2O2S/c1-12-9-13(2)18(14(3)10-12)21-17(23)11-22(4)20(24)19-16(7-8-25-19)15-5-6-15/h7-10,15H,5-6,11H2,1-4H3,(H,21,23). The SMILES string of the molecule is Cc1cc(C)c(NC(=O)CN(C)C(=O)c2sccc2C2CC2)c(C)c1. The summed E-state index contributed by atoms with van der Waals surface area (Å²) in [6.45, 7) is 6.06. The number of rotatable bonds is 5. The van der Waals surface area contributed by atoms with Gasteiger partial charge in [-0.1, -0.05) is 17.7 Å². The molecule has 1 aliphatic rings. The number of likely N-dealkylation sites (N-methyl/N-ethyl adjacent to an activating group) is 1. The van der Waals surface area contributed by atoms with Crippen molar-refractivity contribution in [3.8, 4) is 0 Å². The molecule has 1 heterocycles. The van der Waals surface area contributed by atoms with Crippen LogP contribution in [0.15, 0.2) is 23.6 Å². The van der Waals surface area contributed by atoms with E-state index in [1.807, 2.05) is 44.4 Å². The second kappa shape index (κ2) is 7.00. The number of nitrogens with zero attached hydrogens (tertiary/aromatic N) is 1. The normalized spacial score (nSPS) is 13.6. The monoisotopic (exact) mass is 356 g/mol. The Balaban J connectivity index is 1.66. The van der Waals surface area contributed by atoms with Gasteiger partial charge in [0.2, 0.25) is 5.91 Å². The average molecular weight is 356 g/mol. The highest BCUT2D eigenvalue weighted by molar-refractivity contribution is 7.12. The number of benzene rings is 1. The molecule has 132 valence electrons. The van der Waals surface area contributed by atoms with E-state index in [-0.39, 0.29) is 18.4 Å². The summed E-state index contributed by atoms with van der Waals surface area (Å²) in [6, 6.07) is 6.14. The number of thiophene rings is 1. The van der Waals surface area contributed by atoms with Crippen molar-refractivity contribution in [1.82, 2.24) is 4.90 Å². The summed E-state index contributed by atoms with van der Waals surface area (Å²) < 4.78 is 0. The third-order valence-electron chi connectivity index (χ3n) is 4.58. The zero-order valence-electron chi connectivity index (χ0n) is 15.2. The van der Waals surface area contributed by atoms with Crippen LogP contribution in [0.1, 0.15) is 50.7 Å². The quantitative estimate of drug-likeness (QED) is 0.870. The van der Waals surface area contributed by atoms with Crippen molar-refractivity contribution in [2.75, 3.05) is 18.9 Å². The third-order valence-corrected chi connectivity index (χ3v) is 5.49. The Labute approximate surface area is 152 Å². The van der Waals surface area contributed by atoms with Crippen LogP contribution in [0.5, 0.6) is 0 Å². The molecule has 4 nitrogen and oxygen atoms in total.